The Morgan fingerprint density at radius 2 is 2.00 bits per heavy atom. The molecular formula is C12H18BrN2O2S+. The van der Waals surface area contributed by atoms with Gasteiger partial charge in [-0.05, 0) is 12.1 Å². The second-order valence-corrected chi connectivity index (χ2v) is 7.62. The van der Waals surface area contributed by atoms with E-state index in [9.17, 15) is 8.42 Å². The highest BCUT2D eigenvalue weighted by atomic mass is 79.9. The molecule has 1 aromatic carbocycles. The summed E-state index contributed by atoms with van der Waals surface area (Å²) in [6.07, 6.45) is 1.28. The number of nitrogens with one attached hydrogen (secondary N) is 1. The van der Waals surface area contributed by atoms with Gasteiger partial charge in [-0.3, -0.25) is 0 Å². The van der Waals surface area contributed by atoms with Crippen LogP contribution in [-0.2, 0) is 16.6 Å². The summed E-state index contributed by atoms with van der Waals surface area (Å²) < 4.78 is 25.5. The Morgan fingerprint density at radius 3 is 2.56 bits per heavy atom. The molecule has 1 N–H and O–H groups in total. The lowest BCUT2D eigenvalue weighted by Crippen LogP contribution is -3.13. The standard InChI is InChI=1S/C12H17BrN2O2S/c1-18(16,17)15-7-5-14(6-8-15)10-11-3-2-4-12(13)9-11/h2-4,9H,5-8,10H2,1H3/p+1. The van der Waals surface area contributed by atoms with Gasteiger partial charge in [0.2, 0.25) is 10.0 Å². The van der Waals surface area contributed by atoms with E-state index in [0.717, 1.165) is 24.1 Å². The van der Waals surface area contributed by atoms with Gasteiger partial charge in [0.25, 0.3) is 0 Å². The minimum atomic E-state index is -3.02. The molecule has 1 aliphatic heterocycles. The van der Waals surface area contributed by atoms with Crippen molar-refractivity contribution in [2.45, 2.75) is 6.54 Å². The van der Waals surface area contributed by atoms with Gasteiger partial charge < -0.3 is 4.90 Å². The van der Waals surface area contributed by atoms with Crippen LogP contribution >= 0.6 is 15.9 Å². The van der Waals surface area contributed by atoms with Crippen molar-refractivity contribution in [1.29, 1.82) is 0 Å². The van der Waals surface area contributed by atoms with Gasteiger partial charge in [-0.15, -0.1) is 0 Å². The summed E-state index contributed by atoms with van der Waals surface area (Å²) in [7, 11) is -3.02. The Labute approximate surface area is 117 Å². The van der Waals surface area contributed by atoms with Crippen molar-refractivity contribution < 1.29 is 13.3 Å². The zero-order valence-electron chi connectivity index (χ0n) is 10.4. The predicted octanol–water partition coefficient (Wildman–Crippen LogP) is 0.109. The van der Waals surface area contributed by atoms with E-state index in [4.69, 9.17) is 0 Å². The number of piperazine rings is 1. The monoisotopic (exact) mass is 333 g/mol. The van der Waals surface area contributed by atoms with E-state index >= 15 is 0 Å². The molecule has 0 radical (unpaired) electrons. The van der Waals surface area contributed by atoms with Crippen molar-refractivity contribution in [3.05, 3.63) is 34.3 Å². The number of sulfonamides is 1. The van der Waals surface area contributed by atoms with Crippen molar-refractivity contribution in [2.24, 2.45) is 0 Å². The van der Waals surface area contributed by atoms with Gasteiger partial charge in [-0.25, -0.2) is 8.42 Å². The van der Waals surface area contributed by atoms with Crippen LogP contribution in [0.3, 0.4) is 0 Å². The first kappa shape index (κ1) is 14.0. The molecule has 100 valence electrons. The van der Waals surface area contributed by atoms with Gasteiger partial charge in [-0.1, -0.05) is 28.1 Å². The first-order chi connectivity index (χ1) is 8.45. The van der Waals surface area contributed by atoms with Crippen LogP contribution in [-0.4, -0.2) is 45.2 Å². The Morgan fingerprint density at radius 1 is 1.33 bits per heavy atom. The van der Waals surface area contributed by atoms with Crippen LogP contribution in [0.2, 0.25) is 0 Å². The summed E-state index contributed by atoms with van der Waals surface area (Å²) >= 11 is 3.47. The number of halogens is 1. The van der Waals surface area contributed by atoms with E-state index in [2.05, 4.69) is 28.1 Å². The summed E-state index contributed by atoms with van der Waals surface area (Å²) in [4.78, 5) is 1.44. The third-order valence-electron chi connectivity index (χ3n) is 3.24. The maximum atomic E-state index is 11.4. The van der Waals surface area contributed by atoms with Crippen LogP contribution in [0.4, 0.5) is 0 Å². The van der Waals surface area contributed by atoms with Gasteiger partial charge in [-0.2, -0.15) is 4.31 Å². The third-order valence-corrected chi connectivity index (χ3v) is 5.04. The van der Waals surface area contributed by atoms with Crippen LogP contribution in [0, 0.1) is 0 Å². The van der Waals surface area contributed by atoms with Gasteiger partial charge in [0.05, 0.1) is 32.4 Å². The topological polar surface area (TPSA) is 41.8 Å². The lowest BCUT2D eigenvalue weighted by molar-refractivity contribution is -0.917. The molecule has 0 saturated carbocycles. The van der Waals surface area contributed by atoms with Crippen molar-refractivity contribution in [2.75, 3.05) is 32.4 Å². The summed E-state index contributed by atoms with van der Waals surface area (Å²) in [6.45, 7) is 3.96. The maximum absolute atomic E-state index is 11.4. The molecule has 1 heterocycles. The van der Waals surface area contributed by atoms with Gasteiger partial charge in [0, 0.05) is 10.0 Å². The van der Waals surface area contributed by atoms with E-state index in [1.807, 2.05) is 12.1 Å². The molecule has 2 rings (SSSR count). The maximum Gasteiger partial charge on any atom is 0.211 e. The highest BCUT2D eigenvalue weighted by Crippen LogP contribution is 2.10. The number of hydrogen-bond donors (Lipinski definition) is 1. The van der Waals surface area contributed by atoms with Crippen molar-refractivity contribution in [1.82, 2.24) is 4.31 Å². The zero-order valence-corrected chi connectivity index (χ0v) is 12.8. The van der Waals surface area contributed by atoms with Crippen molar-refractivity contribution in [3.63, 3.8) is 0 Å². The molecule has 1 aromatic rings. The molecule has 18 heavy (non-hydrogen) atoms. The minimum absolute atomic E-state index is 0.627. The van der Waals surface area contributed by atoms with E-state index in [-0.39, 0.29) is 0 Å². The number of rotatable bonds is 3. The molecule has 0 atom stereocenters. The fraction of sp³-hybridized carbons (Fsp3) is 0.500. The predicted molar refractivity (Wildman–Crippen MR) is 75.0 cm³/mol. The van der Waals surface area contributed by atoms with Gasteiger partial charge in [0.15, 0.2) is 0 Å². The van der Waals surface area contributed by atoms with E-state index in [1.54, 1.807) is 4.31 Å². The van der Waals surface area contributed by atoms with E-state index in [1.165, 1.54) is 16.7 Å². The van der Waals surface area contributed by atoms with Crippen LogP contribution in [0.15, 0.2) is 28.7 Å². The third kappa shape index (κ3) is 3.78. The number of quaternary nitrogens is 1. The zero-order chi connectivity index (χ0) is 13.2. The average molecular weight is 334 g/mol. The molecule has 1 aliphatic rings. The van der Waals surface area contributed by atoms with Crippen LogP contribution < -0.4 is 4.90 Å². The first-order valence-corrected chi connectivity index (χ1v) is 8.62. The number of nitrogens with zero attached hydrogens (tertiary/aromatic N) is 1. The van der Waals surface area contributed by atoms with Gasteiger partial charge in [0.1, 0.15) is 6.54 Å². The van der Waals surface area contributed by atoms with E-state index < -0.39 is 10.0 Å². The molecule has 1 saturated heterocycles. The molecule has 4 nitrogen and oxygen atoms in total. The molecule has 0 unspecified atom stereocenters. The van der Waals surface area contributed by atoms with Crippen molar-refractivity contribution in [3.8, 4) is 0 Å². The quantitative estimate of drug-likeness (QED) is 0.853. The Kier molecular flexibility index (Phi) is 4.42. The molecule has 0 aliphatic carbocycles. The smallest absolute Gasteiger partial charge is 0.211 e. The number of hydrogen-bond acceptors (Lipinski definition) is 2. The van der Waals surface area contributed by atoms with Crippen molar-refractivity contribution >= 4 is 26.0 Å². The fourth-order valence-electron chi connectivity index (χ4n) is 2.25. The molecular weight excluding hydrogens is 316 g/mol. The second-order valence-electron chi connectivity index (χ2n) is 4.72. The lowest BCUT2D eigenvalue weighted by atomic mass is 10.2. The molecule has 0 amide bonds. The Hall–Kier alpha value is -0.430. The summed E-state index contributed by atoms with van der Waals surface area (Å²) in [6, 6.07) is 8.28. The number of benzene rings is 1. The normalized spacial score (nSPS) is 19.0. The molecule has 0 spiro atoms. The Bertz CT molecular complexity index is 511. The first-order valence-electron chi connectivity index (χ1n) is 5.98. The van der Waals surface area contributed by atoms with Crippen LogP contribution in [0.25, 0.3) is 0 Å². The highest BCUT2D eigenvalue weighted by molar-refractivity contribution is 9.10. The lowest BCUT2D eigenvalue weighted by Gasteiger charge is -2.30. The summed E-state index contributed by atoms with van der Waals surface area (Å²) in [5.41, 5.74) is 1.28. The Balaban J connectivity index is 1.91. The SMILES string of the molecule is CS(=O)(=O)N1CC[NH+](Cc2cccc(Br)c2)CC1. The average Bonchev–Trinajstić information content (AvgIpc) is 2.28. The van der Waals surface area contributed by atoms with Crippen LogP contribution in [0.1, 0.15) is 5.56 Å². The fourth-order valence-corrected chi connectivity index (χ4v) is 3.54. The molecule has 0 bridgehead atoms. The highest BCUT2D eigenvalue weighted by Gasteiger charge is 2.25. The van der Waals surface area contributed by atoms with Crippen LogP contribution in [0.5, 0.6) is 0 Å². The summed E-state index contributed by atoms with van der Waals surface area (Å²) in [5, 5.41) is 0. The summed E-state index contributed by atoms with van der Waals surface area (Å²) in [5.74, 6) is 0. The largest absolute Gasteiger partial charge is 0.329 e. The molecule has 0 aromatic heterocycles. The van der Waals surface area contributed by atoms with Gasteiger partial charge >= 0.3 is 0 Å². The molecule has 6 heteroatoms. The second kappa shape index (κ2) is 5.69. The van der Waals surface area contributed by atoms with E-state index in [0.29, 0.717) is 13.1 Å². The molecule has 1 fully saturated rings. The minimum Gasteiger partial charge on any atom is -0.329 e.